The summed E-state index contributed by atoms with van der Waals surface area (Å²) in [7, 11) is -1.91. The summed E-state index contributed by atoms with van der Waals surface area (Å²) in [6.07, 6.45) is 0.989. The lowest BCUT2D eigenvalue weighted by Crippen LogP contribution is -2.56. The summed E-state index contributed by atoms with van der Waals surface area (Å²) in [6.45, 7) is 2.15. The second kappa shape index (κ2) is 14.7. The van der Waals surface area contributed by atoms with Crippen LogP contribution in [-0.4, -0.2) is 109 Å². The van der Waals surface area contributed by atoms with Gasteiger partial charge in [0.1, 0.15) is 28.9 Å². The number of carbonyl (C=O) groups excluding carboxylic acids is 3. The van der Waals surface area contributed by atoms with Crippen molar-refractivity contribution in [3.63, 3.8) is 0 Å². The maximum absolute atomic E-state index is 14.7. The predicted octanol–water partition coefficient (Wildman–Crippen LogP) is 2.73. The van der Waals surface area contributed by atoms with Gasteiger partial charge in [0, 0.05) is 44.3 Å². The molecule has 3 aliphatic rings. The molecule has 0 saturated carbocycles. The number of carboxylic acids is 1. The van der Waals surface area contributed by atoms with Crippen molar-refractivity contribution in [3.05, 3.63) is 81.4 Å². The number of halogens is 3. The molecule has 3 heterocycles. The van der Waals surface area contributed by atoms with E-state index in [4.69, 9.17) is 16.3 Å². The van der Waals surface area contributed by atoms with E-state index >= 15 is 0 Å². The molecule has 3 aliphatic heterocycles. The van der Waals surface area contributed by atoms with Crippen LogP contribution in [0, 0.1) is 11.6 Å². The van der Waals surface area contributed by atoms with Crippen molar-refractivity contribution in [1.82, 2.24) is 25.3 Å². The van der Waals surface area contributed by atoms with Crippen molar-refractivity contribution in [2.75, 3.05) is 26.2 Å². The molecule has 0 aromatic heterocycles. The van der Waals surface area contributed by atoms with Crippen LogP contribution in [0.15, 0.2) is 42.5 Å². The molecular weight excluding hydrogens is 711 g/mol. The van der Waals surface area contributed by atoms with Crippen LogP contribution in [0.2, 0.25) is 5.02 Å². The second-order valence-corrected chi connectivity index (χ2v) is 13.1. The van der Waals surface area contributed by atoms with Gasteiger partial charge < -0.3 is 45.6 Å². The van der Waals surface area contributed by atoms with Gasteiger partial charge in [-0.25, -0.2) is 28.1 Å². The molecule has 2 saturated heterocycles. The van der Waals surface area contributed by atoms with Crippen molar-refractivity contribution < 1.29 is 58.1 Å². The molecule has 2 atom stereocenters. The van der Waals surface area contributed by atoms with Gasteiger partial charge >= 0.3 is 25.1 Å². The van der Waals surface area contributed by atoms with E-state index < -0.39 is 88.1 Å². The number of urea groups is 2. The van der Waals surface area contributed by atoms with Crippen LogP contribution in [0.25, 0.3) is 0 Å². The zero-order chi connectivity index (χ0) is 37.4. The van der Waals surface area contributed by atoms with Crippen LogP contribution in [0.4, 0.5) is 18.4 Å². The van der Waals surface area contributed by atoms with Gasteiger partial charge in [-0.1, -0.05) is 29.8 Å². The Balaban J connectivity index is 1.16. The summed E-state index contributed by atoms with van der Waals surface area (Å²) in [6, 6.07) is 5.80. The summed E-state index contributed by atoms with van der Waals surface area (Å²) in [5, 5.41) is 53.8. The highest BCUT2D eigenvalue weighted by molar-refractivity contribution is 6.47. The van der Waals surface area contributed by atoms with Crippen molar-refractivity contribution in [2.45, 2.75) is 43.8 Å². The molecule has 1 unspecified atom stereocenters. The number of hydrogen-bond donors (Lipinski definition) is 7. The number of fused-ring (bicyclic) bond motifs is 1. The van der Waals surface area contributed by atoms with E-state index in [-0.39, 0.29) is 36.9 Å². The number of piperidine rings is 1. The molecule has 3 aromatic rings. The van der Waals surface area contributed by atoms with Crippen molar-refractivity contribution in [3.8, 4) is 23.0 Å². The molecule has 274 valence electrons. The quantitative estimate of drug-likeness (QED) is 0.132. The first-order chi connectivity index (χ1) is 24.7. The number of amides is 5. The Kier molecular flexibility index (Phi) is 10.3. The Morgan fingerprint density at radius 1 is 0.981 bits per heavy atom. The molecular formula is C33H33BClF2N5O10. The normalized spacial score (nSPS) is 18.5. The van der Waals surface area contributed by atoms with Gasteiger partial charge in [0.25, 0.3) is 0 Å². The number of rotatable bonds is 8. The maximum atomic E-state index is 14.7. The second-order valence-electron chi connectivity index (χ2n) is 12.7. The predicted molar refractivity (Wildman–Crippen MR) is 179 cm³/mol. The third kappa shape index (κ3) is 7.22. The van der Waals surface area contributed by atoms with Crippen LogP contribution in [0.3, 0.4) is 0 Å². The molecule has 3 aromatic carbocycles. The van der Waals surface area contributed by atoms with E-state index in [2.05, 4.69) is 15.5 Å². The molecule has 52 heavy (non-hydrogen) atoms. The maximum Gasteiger partial charge on any atom is 0.547 e. The zero-order valence-corrected chi connectivity index (χ0v) is 28.0. The van der Waals surface area contributed by atoms with E-state index in [1.807, 2.05) is 12.1 Å². The van der Waals surface area contributed by atoms with E-state index in [1.54, 1.807) is 17.0 Å². The molecule has 15 nitrogen and oxygen atoms in total. The average Bonchev–Trinajstić information content (AvgIpc) is 3.50. The Bertz CT molecular complexity index is 1920. The molecule has 0 bridgehead atoms. The number of aromatic hydroxyl groups is 3. The first kappa shape index (κ1) is 36.5. The van der Waals surface area contributed by atoms with Gasteiger partial charge in [-0.05, 0) is 54.7 Å². The molecule has 0 radical (unpaired) electrons. The highest BCUT2D eigenvalue weighted by Crippen LogP contribution is 2.41. The average molecular weight is 744 g/mol. The zero-order valence-electron chi connectivity index (χ0n) is 27.3. The Morgan fingerprint density at radius 2 is 1.67 bits per heavy atom. The highest BCUT2D eigenvalue weighted by Gasteiger charge is 2.43. The summed E-state index contributed by atoms with van der Waals surface area (Å²) in [5.74, 6) is -9.19. The fourth-order valence-corrected chi connectivity index (χ4v) is 6.93. The van der Waals surface area contributed by atoms with Gasteiger partial charge in [-0.15, -0.1) is 0 Å². The summed E-state index contributed by atoms with van der Waals surface area (Å²) in [5.41, 5.74) is -0.186. The lowest BCUT2D eigenvalue weighted by atomic mass is 9.72. The van der Waals surface area contributed by atoms with Crippen LogP contribution in [0.1, 0.15) is 45.9 Å². The standard InChI is InChI=1S/C33H33BClF2N5O10/c35-25-20(14-22(37)27(44)28(25)45)26(30(46)38-23-13-17-3-6-21(36)24(31(47)48)29(17)52-34(23)51)39-32(49)42-12-11-41(33(42)50)18-7-9-40(10-8-18)15-16-1-4-19(43)5-2-16/h1-6,14,18,23,26,43-45,51H,7-13,15H2,(H,38,46)(H,39,49)(H,47,48)/t23-,26?/m0/s1. The largest absolute Gasteiger partial charge is 0.547 e. The lowest BCUT2D eigenvalue weighted by molar-refractivity contribution is -0.123. The van der Waals surface area contributed by atoms with Crippen LogP contribution < -0.4 is 15.3 Å². The molecule has 0 aliphatic carbocycles. The van der Waals surface area contributed by atoms with Crippen molar-refractivity contribution in [1.29, 1.82) is 0 Å². The van der Waals surface area contributed by atoms with Crippen molar-refractivity contribution in [2.24, 2.45) is 0 Å². The number of imide groups is 1. The summed E-state index contributed by atoms with van der Waals surface area (Å²) in [4.78, 5) is 57.1. The highest BCUT2D eigenvalue weighted by atomic mass is 35.5. The summed E-state index contributed by atoms with van der Waals surface area (Å²) < 4.78 is 34.1. The number of nitrogens with zero attached hydrogens (tertiary/aromatic N) is 3. The Morgan fingerprint density at radius 3 is 2.35 bits per heavy atom. The Labute approximate surface area is 300 Å². The van der Waals surface area contributed by atoms with Gasteiger partial charge in [-0.3, -0.25) is 9.69 Å². The van der Waals surface area contributed by atoms with Crippen molar-refractivity contribution >= 4 is 42.7 Å². The number of likely N-dealkylation sites (tertiary alicyclic amines) is 1. The van der Waals surface area contributed by atoms with Crippen LogP contribution in [-0.2, 0) is 17.8 Å². The van der Waals surface area contributed by atoms with E-state index in [0.29, 0.717) is 38.5 Å². The monoisotopic (exact) mass is 743 g/mol. The fraction of sp³-hybridized carbons (Fsp3) is 0.333. The minimum Gasteiger partial charge on any atom is -0.534 e. The number of carboxylic acid groups (broad SMARTS) is 1. The number of benzene rings is 3. The molecule has 6 rings (SSSR count). The van der Waals surface area contributed by atoms with Gasteiger partial charge in [0.05, 0.1) is 11.0 Å². The van der Waals surface area contributed by atoms with E-state index in [0.717, 1.165) is 16.5 Å². The molecule has 7 N–H and O–H groups in total. The first-order valence-corrected chi connectivity index (χ1v) is 16.6. The van der Waals surface area contributed by atoms with E-state index in [1.165, 1.54) is 6.07 Å². The number of hydrogen-bond acceptors (Lipinski definition) is 10. The number of phenolic OH excluding ortho intramolecular Hbond substituents is 3. The van der Waals surface area contributed by atoms with Crippen LogP contribution in [0.5, 0.6) is 23.0 Å². The fourth-order valence-electron chi connectivity index (χ4n) is 6.67. The molecule has 19 heteroatoms. The number of phenols is 3. The Hall–Kier alpha value is -5.33. The summed E-state index contributed by atoms with van der Waals surface area (Å²) >= 11 is 6.20. The topological polar surface area (TPSA) is 212 Å². The minimum atomic E-state index is -1.91. The van der Waals surface area contributed by atoms with Gasteiger partial charge in [0.15, 0.2) is 17.3 Å². The molecule has 5 amide bonds. The first-order valence-electron chi connectivity index (χ1n) is 16.2. The van der Waals surface area contributed by atoms with Gasteiger partial charge in [0.2, 0.25) is 5.91 Å². The SMILES string of the molecule is O=C(O)c1c(F)ccc2c1OB(O)[C@@H](NC(=O)C(NC(=O)N1CCN(C3CCN(Cc4ccc(O)cc4)CC3)C1=O)c1cc(F)c(O)c(O)c1Cl)C2. The molecule has 2 fully saturated rings. The number of carbonyl (C=O) groups is 4. The minimum absolute atomic E-state index is 0.0515. The number of aromatic carboxylic acids is 1. The van der Waals surface area contributed by atoms with Crippen LogP contribution >= 0.6 is 11.6 Å². The smallest absolute Gasteiger partial charge is 0.534 e. The van der Waals surface area contributed by atoms with Gasteiger partial charge in [-0.2, -0.15) is 0 Å². The third-order valence-corrected chi connectivity index (χ3v) is 9.81. The molecule has 0 spiro atoms. The lowest BCUT2D eigenvalue weighted by Gasteiger charge is -2.36. The number of nitrogens with one attached hydrogen (secondary N) is 2. The van der Waals surface area contributed by atoms with E-state index in [9.17, 15) is 53.4 Å². The third-order valence-electron chi connectivity index (χ3n) is 9.41.